The van der Waals surface area contributed by atoms with Gasteiger partial charge in [-0.3, -0.25) is 0 Å². The van der Waals surface area contributed by atoms with Crippen molar-refractivity contribution in [1.82, 2.24) is 20.2 Å². The number of hydrogen-bond acceptors (Lipinski definition) is 5. The van der Waals surface area contributed by atoms with Crippen LogP contribution < -0.4 is 0 Å². The largest absolute Gasteiger partial charge is 0.478 e. The van der Waals surface area contributed by atoms with E-state index in [1.54, 1.807) is 16.8 Å². The normalized spacial score (nSPS) is 10.9. The average Bonchev–Trinajstić information content (AvgIpc) is 2.99. The summed E-state index contributed by atoms with van der Waals surface area (Å²) >= 11 is 0. The van der Waals surface area contributed by atoms with E-state index in [-0.39, 0.29) is 5.56 Å². The first-order chi connectivity index (χ1) is 8.74. The van der Waals surface area contributed by atoms with Crippen molar-refractivity contribution in [2.45, 2.75) is 6.54 Å². The molecule has 3 aromatic rings. The second-order valence-electron chi connectivity index (χ2n) is 3.73. The Morgan fingerprint density at radius 1 is 1.39 bits per heavy atom. The highest BCUT2D eigenvalue weighted by atomic mass is 16.5. The van der Waals surface area contributed by atoms with E-state index in [4.69, 9.17) is 9.63 Å². The molecule has 0 radical (unpaired) electrons. The summed E-state index contributed by atoms with van der Waals surface area (Å²) in [5.74, 6) is -0.355. The molecule has 0 atom stereocenters. The maximum absolute atomic E-state index is 10.9. The molecule has 0 amide bonds. The number of fused-ring (bicyclic) bond motifs is 1. The molecule has 0 saturated heterocycles. The van der Waals surface area contributed by atoms with Gasteiger partial charge >= 0.3 is 5.97 Å². The summed E-state index contributed by atoms with van der Waals surface area (Å²) in [4.78, 5) is 10.9. The molecule has 7 nitrogen and oxygen atoms in total. The van der Waals surface area contributed by atoms with E-state index in [1.165, 1.54) is 18.3 Å². The molecule has 0 fully saturated rings. The number of carbonyl (C=O) groups is 1. The Bertz CT molecular complexity index is 702. The minimum absolute atomic E-state index is 0.198. The van der Waals surface area contributed by atoms with E-state index >= 15 is 0 Å². The number of aromatic nitrogens is 4. The van der Waals surface area contributed by atoms with Crippen molar-refractivity contribution in [3.63, 3.8) is 0 Å². The summed E-state index contributed by atoms with van der Waals surface area (Å²) in [5.41, 5.74) is 1.48. The van der Waals surface area contributed by atoms with Gasteiger partial charge in [0.15, 0.2) is 5.76 Å². The third kappa shape index (κ3) is 1.71. The number of carboxylic acids is 1. The van der Waals surface area contributed by atoms with Gasteiger partial charge in [-0.2, -0.15) is 0 Å². The third-order valence-corrected chi connectivity index (χ3v) is 2.56. The topological polar surface area (TPSA) is 94.0 Å². The van der Waals surface area contributed by atoms with Crippen LogP contribution in [-0.4, -0.2) is 31.2 Å². The van der Waals surface area contributed by atoms with Gasteiger partial charge in [-0.05, 0) is 18.2 Å². The third-order valence-electron chi connectivity index (χ3n) is 2.56. The lowest BCUT2D eigenvalue weighted by Gasteiger charge is -1.99. The molecule has 0 bridgehead atoms. The highest BCUT2D eigenvalue weighted by molar-refractivity contribution is 5.92. The number of benzene rings is 1. The molecule has 0 aliphatic rings. The van der Waals surface area contributed by atoms with Crippen LogP contribution in [0, 0.1) is 0 Å². The van der Waals surface area contributed by atoms with Crippen LogP contribution in [0.15, 0.2) is 35.0 Å². The van der Waals surface area contributed by atoms with Gasteiger partial charge in [-0.25, -0.2) is 9.48 Å². The van der Waals surface area contributed by atoms with Gasteiger partial charge in [0.1, 0.15) is 12.1 Å². The Labute approximate surface area is 101 Å². The molecule has 3 rings (SSSR count). The molecule has 2 aromatic heterocycles. The average molecular weight is 244 g/mol. The minimum Gasteiger partial charge on any atom is -0.478 e. The zero-order valence-corrected chi connectivity index (χ0v) is 9.15. The molecule has 7 heteroatoms. The van der Waals surface area contributed by atoms with Crippen LogP contribution in [0.3, 0.4) is 0 Å². The molecule has 1 aromatic carbocycles. The van der Waals surface area contributed by atoms with E-state index in [0.717, 1.165) is 0 Å². The van der Waals surface area contributed by atoms with Gasteiger partial charge in [0, 0.05) is 6.07 Å². The Hall–Kier alpha value is -2.70. The first-order valence-electron chi connectivity index (χ1n) is 5.20. The number of hydrogen-bond donors (Lipinski definition) is 1. The van der Waals surface area contributed by atoms with Crippen molar-refractivity contribution < 1.29 is 14.4 Å². The molecule has 90 valence electrons. The van der Waals surface area contributed by atoms with Crippen molar-refractivity contribution in [1.29, 1.82) is 0 Å². The summed E-state index contributed by atoms with van der Waals surface area (Å²) in [5, 5.41) is 20.5. The zero-order valence-electron chi connectivity index (χ0n) is 9.15. The summed E-state index contributed by atoms with van der Waals surface area (Å²) in [6, 6.07) is 6.38. The van der Waals surface area contributed by atoms with Crippen LogP contribution >= 0.6 is 0 Å². The number of rotatable bonds is 3. The molecular weight excluding hydrogens is 236 g/mol. The summed E-state index contributed by atoms with van der Waals surface area (Å²) in [6.45, 7) is 0.361. The monoisotopic (exact) mass is 244 g/mol. The molecule has 0 unspecified atom stereocenters. The smallest absolute Gasteiger partial charge is 0.335 e. The van der Waals surface area contributed by atoms with Crippen molar-refractivity contribution >= 4 is 17.0 Å². The fourth-order valence-electron chi connectivity index (χ4n) is 1.69. The van der Waals surface area contributed by atoms with Gasteiger partial charge in [0.05, 0.1) is 17.3 Å². The van der Waals surface area contributed by atoms with Gasteiger partial charge in [0.2, 0.25) is 0 Å². The van der Waals surface area contributed by atoms with Gasteiger partial charge < -0.3 is 9.63 Å². The molecule has 2 heterocycles. The summed E-state index contributed by atoms with van der Waals surface area (Å²) in [7, 11) is 0. The van der Waals surface area contributed by atoms with Crippen molar-refractivity contribution in [2.24, 2.45) is 0 Å². The van der Waals surface area contributed by atoms with E-state index in [0.29, 0.717) is 23.3 Å². The van der Waals surface area contributed by atoms with Crippen molar-refractivity contribution in [3.05, 3.63) is 41.8 Å². The second-order valence-corrected chi connectivity index (χ2v) is 3.73. The first kappa shape index (κ1) is 10.5. The van der Waals surface area contributed by atoms with Crippen molar-refractivity contribution in [2.75, 3.05) is 0 Å². The van der Waals surface area contributed by atoms with Gasteiger partial charge in [-0.1, -0.05) is 10.4 Å². The Kier molecular flexibility index (Phi) is 2.30. The first-order valence-corrected chi connectivity index (χ1v) is 5.20. The molecule has 0 aliphatic carbocycles. The fourth-order valence-corrected chi connectivity index (χ4v) is 1.69. The Morgan fingerprint density at radius 2 is 2.28 bits per heavy atom. The highest BCUT2D eigenvalue weighted by Gasteiger charge is 2.10. The number of carboxylic acid groups (broad SMARTS) is 1. The molecule has 0 aliphatic heterocycles. The van der Waals surface area contributed by atoms with Crippen LogP contribution in [0.4, 0.5) is 0 Å². The maximum Gasteiger partial charge on any atom is 0.335 e. The van der Waals surface area contributed by atoms with Crippen LogP contribution in [0.1, 0.15) is 16.1 Å². The molecule has 1 N–H and O–H groups in total. The predicted molar refractivity (Wildman–Crippen MR) is 60.1 cm³/mol. The van der Waals surface area contributed by atoms with Crippen LogP contribution in [-0.2, 0) is 6.54 Å². The lowest BCUT2D eigenvalue weighted by Crippen LogP contribution is -2.02. The molecule has 0 spiro atoms. The highest BCUT2D eigenvalue weighted by Crippen LogP contribution is 2.15. The standard InChI is InChI=1S/C11H8N4O3/c16-11(17)7-1-2-9-10(5-7)15(14-13-9)6-8-3-4-12-18-8/h1-5H,6H2,(H,16,17). The SMILES string of the molecule is O=C(O)c1ccc2nnn(Cc3ccno3)c2c1. The van der Waals surface area contributed by atoms with Crippen LogP contribution in [0.2, 0.25) is 0 Å². The number of aromatic carboxylic acids is 1. The minimum atomic E-state index is -0.982. The Balaban J connectivity index is 2.06. The summed E-state index contributed by atoms with van der Waals surface area (Å²) in [6.07, 6.45) is 1.54. The zero-order chi connectivity index (χ0) is 12.5. The lowest BCUT2D eigenvalue weighted by molar-refractivity contribution is 0.0697. The fraction of sp³-hybridized carbons (Fsp3) is 0.0909. The molecule has 0 saturated carbocycles. The van der Waals surface area contributed by atoms with E-state index < -0.39 is 5.97 Å². The van der Waals surface area contributed by atoms with Gasteiger partial charge in [0.25, 0.3) is 0 Å². The predicted octanol–water partition coefficient (Wildman–Crippen LogP) is 1.17. The Morgan fingerprint density at radius 3 is 3.00 bits per heavy atom. The van der Waals surface area contributed by atoms with Crippen LogP contribution in [0.5, 0.6) is 0 Å². The number of nitrogens with zero attached hydrogens (tertiary/aromatic N) is 4. The maximum atomic E-state index is 10.9. The molecule has 18 heavy (non-hydrogen) atoms. The van der Waals surface area contributed by atoms with Crippen molar-refractivity contribution in [3.8, 4) is 0 Å². The van der Waals surface area contributed by atoms with E-state index in [2.05, 4.69) is 15.5 Å². The van der Waals surface area contributed by atoms with E-state index in [9.17, 15) is 4.79 Å². The van der Waals surface area contributed by atoms with Gasteiger partial charge in [-0.15, -0.1) is 5.10 Å². The quantitative estimate of drug-likeness (QED) is 0.743. The van der Waals surface area contributed by atoms with Crippen LogP contribution in [0.25, 0.3) is 11.0 Å². The lowest BCUT2D eigenvalue weighted by atomic mass is 10.2. The molecular formula is C11H8N4O3. The second kappa shape index (κ2) is 3.95. The van der Waals surface area contributed by atoms with E-state index in [1.807, 2.05) is 0 Å². The summed E-state index contributed by atoms with van der Waals surface area (Å²) < 4.78 is 6.55.